The van der Waals surface area contributed by atoms with E-state index in [-0.39, 0.29) is 31.3 Å². The maximum absolute atomic E-state index is 11.6. The highest BCUT2D eigenvalue weighted by Crippen LogP contribution is 2.00. The molecular weight excluding hydrogens is 284 g/mol. The standard InChI is InChI=1S/C15H16N4O3/c20-14(13-10-16-6-7-17-13)18-8-9-19-15(21)22-11-12-4-2-1-3-5-12/h1-7,10H,8-9,11H2,(H,18,20)(H,19,21). The number of carbonyl (C=O) groups excluding carboxylic acids is 2. The van der Waals surface area contributed by atoms with Crippen LogP contribution in [0, 0.1) is 0 Å². The average molecular weight is 300 g/mol. The lowest BCUT2D eigenvalue weighted by molar-refractivity contribution is 0.0946. The fraction of sp³-hybridized carbons (Fsp3) is 0.200. The summed E-state index contributed by atoms with van der Waals surface area (Å²) in [5.74, 6) is -0.340. The summed E-state index contributed by atoms with van der Waals surface area (Å²) in [6, 6.07) is 9.38. The van der Waals surface area contributed by atoms with E-state index in [1.807, 2.05) is 30.3 Å². The van der Waals surface area contributed by atoms with Gasteiger partial charge in [0.1, 0.15) is 12.3 Å². The van der Waals surface area contributed by atoms with E-state index in [4.69, 9.17) is 4.74 Å². The average Bonchev–Trinajstić information content (AvgIpc) is 2.58. The Morgan fingerprint density at radius 2 is 1.82 bits per heavy atom. The number of nitrogens with zero attached hydrogens (tertiary/aromatic N) is 2. The molecule has 2 N–H and O–H groups in total. The van der Waals surface area contributed by atoms with Crippen molar-refractivity contribution in [2.24, 2.45) is 0 Å². The zero-order valence-electron chi connectivity index (χ0n) is 11.9. The van der Waals surface area contributed by atoms with Crippen molar-refractivity contribution in [3.05, 3.63) is 60.2 Å². The van der Waals surface area contributed by atoms with Gasteiger partial charge in [-0.15, -0.1) is 0 Å². The molecule has 1 heterocycles. The lowest BCUT2D eigenvalue weighted by Crippen LogP contribution is -2.35. The molecule has 1 aromatic heterocycles. The van der Waals surface area contributed by atoms with Crippen molar-refractivity contribution in [2.45, 2.75) is 6.61 Å². The van der Waals surface area contributed by atoms with Crippen molar-refractivity contribution in [1.29, 1.82) is 0 Å². The van der Waals surface area contributed by atoms with E-state index in [9.17, 15) is 9.59 Å². The van der Waals surface area contributed by atoms with Crippen LogP contribution in [0.3, 0.4) is 0 Å². The second-order valence-corrected chi connectivity index (χ2v) is 4.34. The Bertz CT molecular complexity index is 605. The zero-order chi connectivity index (χ0) is 15.6. The highest BCUT2D eigenvalue weighted by atomic mass is 16.5. The number of nitrogens with one attached hydrogen (secondary N) is 2. The van der Waals surface area contributed by atoms with Crippen molar-refractivity contribution in [3.63, 3.8) is 0 Å². The molecule has 2 aromatic rings. The third-order valence-corrected chi connectivity index (χ3v) is 2.69. The first-order valence-corrected chi connectivity index (χ1v) is 6.74. The summed E-state index contributed by atoms with van der Waals surface area (Å²) in [5, 5.41) is 5.16. The zero-order valence-corrected chi connectivity index (χ0v) is 11.9. The molecule has 0 unspecified atom stereocenters. The van der Waals surface area contributed by atoms with Crippen molar-refractivity contribution in [1.82, 2.24) is 20.6 Å². The van der Waals surface area contributed by atoms with Crippen molar-refractivity contribution < 1.29 is 14.3 Å². The Hall–Kier alpha value is -2.96. The van der Waals surface area contributed by atoms with Gasteiger partial charge >= 0.3 is 6.09 Å². The monoisotopic (exact) mass is 300 g/mol. The molecule has 0 atom stereocenters. The SMILES string of the molecule is O=C(NCCNC(=O)c1cnccn1)OCc1ccccc1. The summed E-state index contributed by atoms with van der Waals surface area (Å²) in [7, 11) is 0. The van der Waals surface area contributed by atoms with Crippen LogP contribution in [0.15, 0.2) is 48.9 Å². The summed E-state index contributed by atoms with van der Waals surface area (Å²) >= 11 is 0. The van der Waals surface area contributed by atoms with Crippen LogP contribution in [0.2, 0.25) is 0 Å². The molecule has 7 heteroatoms. The van der Waals surface area contributed by atoms with Crippen molar-refractivity contribution in [3.8, 4) is 0 Å². The van der Waals surface area contributed by atoms with Gasteiger partial charge in [-0.2, -0.15) is 0 Å². The molecule has 114 valence electrons. The van der Waals surface area contributed by atoms with Crippen LogP contribution in [-0.2, 0) is 11.3 Å². The normalized spacial score (nSPS) is 9.82. The summed E-state index contributed by atoms with van der Waals surface area (Å²) in [6.45, 7) is 0.744. The first-order valence-electron chi connectivity index (χ1n) is 6.74. The van der Waals surface area contributed by atoms with Crippen LogP contribution < -0.4 is 10.6 Å². The molecular formula is C15H16N4O3. The number of benzene rings is 1. The molecule has 0 aliphatic rings. The number of amides is 2. The molecule has 0 saturated heterocycles. The smallest absolute Gasteiger partial charge is 0.407 e. The van der Waals surface area contributed by atoms with Gasteiger partial charge in [-0.05, 0) is 5.56 Å². The maximum Gasteiger partial charge on any atom is 0.407 e. The van der Waals surface area contributed by atoms with Gasteiger partial charge in [0.15, 0.2) is 0 Å². The Labute approximate surface area is 127 Å². The lowest BCUT2D eigenvalue weighted by Gasteiger charge is -2.08. The summed E-state index contributed by atoms with van der Waals surface area (Å²) in [6.07, 6.45) is 3.77. The fourth-order valence-corrected chi connectivity index (χ4v) is 1.62. The molecule has 0 bridgehead atoms. The van der Waals surface area contributed by atoms with Crippen molar-refractivity contribution in [2.75, 3.05) is 13.1 Å². The number of aromatic nitrogens is 2. The highest BCUT2D eigenvalue weighted by molar-refractivity contribution is 5.91. The molecule has 0 spiro atoms. The van der Waals surface area contributed by atoms with Crippen LogP contribution in [0.4, 0.5) is 4.79 Å². The third kappa shape index (κ3) is 5.20. The van der Waals surface area contributed by atoms with E-state index in [1.54, 1.807) is 0 Å². The van der Waals surface area contributed by atoms with Gasteiger partial charge in [-0.3, -0.25) is 9.78 Å². The van der Waals surface area contributed by atoms with Crippen LogP contribution in [0.25, 0.3) is 0 Å². The fourth-order valence-electron chi connectivity index (χ4n) is 1.62. The lowest BCUT2D eigenvalue weighted by atomic mass is 10.2. The quantitative estimate of drug-likeness (QED) is 0.780. The van der Waals surface area contributed by atoms with Crippen LogP contribution in [0.1, 0.15) is 16.1 Å². The molecule has 2 amide bonds. The number of rotatable bonds is 6. The van der Waals surface area contributed by atoms with Gasteiger partial charge in [-0.25, -0.2) is 9.78 Å². The Morgan fingerprint density at radius 3 is 2.55 bits per heavy atom. The third-order valence-electron chi connectivity index (χ3n) is 2.69. The second-order valence-electron chi connectivity index (χ2n) is 4.34. The molecule has 2 rings (SSSR count). The molecule has 0 aliphatic carbocycles. The van der Waals surface area contributed by atoms with Gasteiger partial charge in [-0.1, -0.05) is 30.3 Å². The molecule has 0 fully saturated rings. The Morgan fingerprint density at radius 1 is 1.05 bits per heavy atom. The molecule has 0 aliphatic heterocycles. The summed E-state index contributed by atoms with van der Waals surface area (Å²) in [5.41, 5.74) is 1.14. The predicted molar refractivity (Wildman–Crippen MR) is 79.0 cm³/mol. The van der Waals surface area contributed by atoms with E-state index in [1.165, 1.54) is 18.6 Å². The molecule has 1 aromatic carbocycles. The minimum Gasteiger partial charge on any atom is -0.445 e. The molecule has 7 nitrogen and oxygen atoms in total. The van der Waals surface area contributed by atoms with Gasteiger partial charge in [0, 0.05) is 25.5 Å². The van der Waals surface area contributed by atoms with E-state index in [0.717, 1.165) is 5.56 Å². The first kappa shape index (κ1) is 15.4. The minimum absolute atomic E-state index is 0.207. The Kier molecular flexibility index (Phi) is 5.86. The van der Waals surface area contributed by atoms with Gasteiger partial charge in [0.05, 0.1) is 6.20 Å². The van der Waals surface area contributed by atoms with Crippen LogP contribution >= 0.6 is 0 Å². The van der Waals surface area contributed by atoms with Crippen LogP contribution in [0.5, 0.6) is 0 Å². The number of carbonyl (C=O) groups is 2. The van der Waals surface area contributed by atoms with E-state index in [2.05, 4.69) is 20.6 Å². The van der Waals surface area contributed by atoms with Gasteiger partial charge < -0.3 is 15.4 Å². The van der Waals surface area contributed by atoms with Crippen LogP contribution in [-0.4, -0.2) is 35.1 Å². The van der Waals surface area contributed by atoms with E-state index < -0.39 is 6.09 Å². The van der Waals surface area contributed by atoms with Gasteiger partial charge in [0.25, 0.3) is 5.91 Å². The number of alkyl carbamates (subject to hydrolysis) is 1. The Balaban J connectivity index is 1.60. The summed E-state index contributed by atoms with van der Waals surface area (Å²) < 4.78 is 5.03. The molecule has 22 heavy (non-hydrogen) atoms. The van der Waals surface area contributed by atoms with E-state index in [0.29, 0.717) is 0 Å². The largest absolute Gasteiger partial charge is 0.445 e. The first-order chi connectivity index (χ1) is 10.8. The number of hydrogen-bond acceptors (Lipinski definition) is 5. The van der Waals surface area contributed by atoms with E-state index >= 15 is 0 Å². The highest BCUT2D eigenvalue weighted by Gasteiger charge is 2.06. The van der Waals surface area contributed by atoms with Gasteiger partial charge in [0.2, 0.25) is 0 Å². The number of ether oxygens (including phenoxy) is 1. The molecule has 0 saturated carbocycles. The minimum atomic E-state index is -0.530. The van der Waals surface area contributed by atoms with Crippen molar-refractivity contribution >= 4 is 12.0 Å². The molecule has 0 radical (unpaired) electrons. The number of hydrogen-bond donors (Lipinski definition) is 2. The topological polar surface area (TPSA) is 93.2 Å². The summed E-state index contributed by atoms with van der Waals surface area (Å²) in [4.78, 5) is 30.8. The maximum atomic E-state index is 11.6. The predicted octanol–water partition coefficient (Wildman–Crippen LogP) is 1.13. The second kappa shape index (κ2) is 8.35.